The zero-order valence-electron chi connectivity index (χ0n) is 10.2. The van der Waals surface area contributed by atoms with Gasteiger partial charge in [-0.15, -0.1) is 0 Å². The fraction of sp³-hybridized carbons (Fsp3) is 0.429. The first-order valence-electron chi connectivity index (χ1n) is 6.07. The maximum absolute atomic E-state index is 11.3. The van der Waals surface area contributed by atoms with E-state index in [4.69, 9.17) is 5.26 Å². The van der Waals surface area contributed by atoms with Gasteiger partial charge < -0.3 is 5.32 Å². The maximum Gasteiger partial charge on any atom is 0.132 e. The SMILES string of the molecule is CC(=O)C1CCC(Nc2ccc(C#N)cc2Br)C1. The first-order chi connectivity index (χ1) is 8.60. The van der Waals surface area contributed by atoms with Crippen molar-refractivity contribution in [2.45, 2.75) is 32.2 Å². The van der Waals surface area contributed by atoms with Crippen LogP contribution in [0, 0.1) is 17.2 Å². The zero-order chi connectivity index (χ0) is 13.1. The van der Waals surface area contributed by atoms with Crippen molar-refractivity contribution in [3.05, 3.63) is 28.2 Å². The van der Waals surface area contributed by atoms with E-state index < -0.39 is 0 Å². The summed E-state index contributed by atoms with van der Waals surface area (Å²) in [4.78, 5) is 11.3. The Kier molecular flexibility index (Phi) is 4.03. The van der Waals surface area contributed by atoms with Crippen LogP contribution >= 0.6 is 15.9 Å². The van der Waals surface area contributed by atoms with Gasteiger partial charge in [0.1, 0.15) is 5.78 Å². The molecule has 1 N–H and O–H groups in total. The Morgan fingerprint density at radius 1 is 1.50 bits per heavy atom. The quantitative estimate of drug-likeness (QED) is 0.930. The molecule has 1 aliphatic rings. The second kappa shape index (κ2) is 5.53. The molecule has 0 aliphatic heterocycles. The van der Waals surface area contributed by atoms with Crippen LogP contribution < -0.4 is 5.32 Å². The molecule has 94 valence electrons. The summed E-state index contributed by atoms with van der Waals surface area (Å²) in [7, 11) is 0. The molecule has 1 aliphatic carbocycles. The number of hydrogen-bond donors (Lipinski definition) is 1. The molecule has 2 atom stereocenters. The van der Waals surface area contributed by atoms with Crippen molar-refractivity contribution < 1.29 is 4.79 Å². The van der Waals surface area contributed by atoms with E-state index in [0.29, 0.717) is 11.6 Å². The van der Waals surface area contributed by atoms with Gasteiger partial charge in [0.2, 0.25) is 0 Å². The molecule has 0 heterocycles. The third kappa shape index (κ3) is 2.91. The molecule has 2 rings (SSSR count). The van der Waals surface area contributed by atoms with E-state index in [0.717, 1.165) is 29.4 Å². The van der Waals surface area contributed by atoms with Crippen LogP contribution in [-0.2, 0) is 4.79 Å². The summed E-state index contributed by atoms with van der Waals surface area (Å²) in [5.74, 6) is 0.498. The lowest BCUT2D eigenvalue weighted by atomic mass is 10.0. The summed E-state index contributed by atoms with van der Waals surface area (Å²) in [6.07, 6.45) is 2.90. The molecule has 1 aromatic carbocycles. The highest BCUT2D eigenvalue weighted by Crippen LogP contribution is 2.31. The van der Waals surface area contributed by atoms with Gasteiger partial charge in [0.05, 0.1) is 11.6 Å². The second-order valence-electron chi connectivity index (χ2n) is 4.77. The summed E-state index contributed by atoms with van der Waals surface area (Å²) in [6, 6.07) is 7.97. The molecule has 2 unspecified atom stereocenters. The number of carbonyl (C=O) groups excluding carboxylic acids is 1. The van der Waals surface area contributed by atoms with Gasteiger partial charge in [-0.1, -0.05) is 0 Å². The molecule has 0 spiro atoms. The molecule has 4 heteroatoms. The van der Waals surface area contributed by atoms with Crippen LogP contribution in [-0.4, -0.2) is 11.8 Å². The predicted molar refractivity (Wildman–Crippen MR) is 74.3 cm³/mol. The molecule has 18 heavy (non-hydrogen) atoms. The lowest BCUT2D eigenvalue weighted by Gasteiger charge is -2.15. The van der Waals surface area contributed by atoms with Gasteiger partial charge in [0, 0.05) is 22.1 Å². The highest BCUT2D eigenvalue weighted by atomic mass is 79.9. The summed E-state index contributed by atoms with van der Waals surface area (Å²) in [5, 5.41) is 12.2. The number of benzene rings is 1. The molecule has 0 saturated heterocycles. The monoisotopic (exact) mass is 306 g/mol. The Hall–Kier alpha value is -1.34. The Bertz CT molecular complexity index is 507. The average molecular weight is 307 g/mol. The number of nitrogens with one attached hydrogen (secondary N) is 1. The number of anilines is 1. The van der Waals surface area contributed by atoms with Crippen LogP contribution in [0.2, 0.25) is 0 Å². The smallest absolute Gasteiger partial charge is 0.132 e. The Labute approximate surface area is 115 Å². The molecule has 0 radical (unpaired) electrons. The van der Waals surface area contributed by atoms with Crippen molar-refractivity contribution in [2.24, 2.45) is 5.92 Å². The predicted octanol–water partition coefficient (Wildman–Crippen LogP) is 3.49. The van der Waals surface area contributed by atoms with Gasteiger partial charge in [0.15, 0.2) is 0 Å². The van der Waals surface area contributed by atoms with Crippen LogP contribution in [0.4, 0.5) is 5.69 Å². The van der Waals surface area contributed by atoms with E-state index in [9.17, 15) is 4.79 Å². The van der Waals surface area contributed by atoms with Crippen molar-refractivity contribution in [2.75, 3.05) is 5.32 Å². The Morgan fingerprint density at radius 2 is 2.28 bits per heavy atom. The van der Waals surface area contributed by atoms with Crippen LogP contribution in [0.1, 0.15) is 31.7 Å². The number of nitrogens with zero attached hydrogens (tertiary/aromatic N) is 1. The van der Waals surface area contributed by atoms with Crippen molar-refractivity contribution in [3.8, 4) is 6.07 Å². The van der Waals surface area contributed by atoms with Gasteiger partial charge in [-0.25, -0.2) is 0 Å². The molecule has 1 aromatic rings. The zero-order valence-corrected chi connectivity index (χ0v) is 11.8. The highest BCUT2D eigenvalue weighted by molar-refractivity contribution is 9.10. The maximum atomic E-state index is 11.3. The summed E-state index contributed by atoms with van der Waals surface area (Å²) in [6.45, 7) is 1.67. The first kappa shape index (κ1) is 13.1. The van der Waals surface area contributed by atoms with Crippen LogP contribution in [0.3, 0.4) is 0 Å². The van der Waals surface area contributed by atoms with Crippen LogP contribution in [0.5, 0.6) is 0 Å². The highest BCUT2D eigenvalue weighted by Gasteiger charge is 2.27. The number of carbonyl (C=O) groups is 1. The minimum Gasteiger partial charge on any atom is -0.381 e. The lowest BCUT2D eigenvalue weighted by Crippen LogP contribution is -2.17. The Morgan fingerprint density at radius 3 is 2.83 bits per heavy atom. The topological polar surface area (TPSA) is 52.9 Å². The number of nitriles is 1. The number of halogens is 1. The molecular formula is C14H15BrN2O. The van der Waals surface area contributed by atoms with Gasteiger partial charge in [-0.2, -0.15) is 5.26 Å². The minimum atomic E-state index is 0.208. The van der Waals surface area contributed by atoms with E-state index in [1.54, 1.807) is 19.1 Å². The third-order valence-electron chi connectivity index (χ3n) is 3.47. The van der Waals surface area contributed by atoms with Gasteiger partial charge in [-0.05, 0) is 60.3 Å². The normalized spacial score (nSPS) is 22.5. The summed E-state index contributed by atoms with van der Waals surface area (Å²) in [5.41, 5.74) is 1.63. The van der Waals surface area contributed by atoms with Gasteiger partial charge >= 0.3 is 0 Å². The van der Waals surface area contributed by atoms with Gasteiger partial charge in [-0.3, -0.25) is 4.79 Å². The first-order valence-corrected chi connectivity index (χ1v) is 6.86. The van der Waals surface area contributed by atoms with Crippen molar-refractivity contribution in [1.29, 1.82) is 5.26 Å². The van der Waals surface area contributed by atoms with Crippen molar-refractivity contribution in [1.82, 2.24) is 0 Å². The fourth-order valence-electron chi connectivity index (χ4n) is 2.40. The molecule has 1 saturated carbocycles. The molecule has 1 fully saturated rings. The molecule has 0 aromatic heterocycles. The summed E-state index contributed by atoms with van der Waals surface area (Å²) < 4.78 is 0.896. The van der Waals surface area contributed by atoms with E-state index in [1.165, 1.54) is 0 Å². The van der Waals surface area contributed by atoms with Crippen LogP contribution in [0.15, 0.2) is 22.7 Å². The molecule has 0 amide bonds. The van der Waals surface area contributed by atoms with Crippen molar-refractivity contribution >= 4 is 27.4 Å². The average Bonchev–Trinajstić information content (AvgIpc) is 2.80. The second-order valence-corrected chi connectivity index (χ2v) is 5.62. The lowest BCUT2D eigenvalue weighted by molar-refractivity contribution is -0.120. The number of Topliss-reactive ketones (excluding diaryl/α,β-unsaturated/α-hetero) is 1. The Balaban J connectivity index is 2.03. The molecule has 3 nitrogen and oxygen atoms in total. The largest absolute Gasteiger partial charge is 0.381 e. The summed E-state index contributed by atoms with van der Waals surface area (Å²) >= 11 is 3.46. The van der Waals surface area contributed by atoms with E-state index in [-0.39, 0.29) is 11.7 Å². The fourth-order valence-corrected chi connectivity index (χ4v) is 2.90. The van der Waals surface area contributed by atoms with Crippen LogP contribution in [0.25, 0.3) is 0 Å². The number of ketones is 1. The number of rotatable bonds is 3. The van der Waals surface area contributed by atoms with Gasteiger partial charge in [0.25, 0.3) is 0 Å². The van der Waals surface area contributed by atoms with E-state index >= 15 is 0 Å². The molecular weight excluding hydrogens is 292 g/mol. The minimum absolute atomic E-state index is 0.208. The number of hydrogen-bond acceptors (Lipinski definition) is 3. The standard InChI is InChI=1S/C14H15BrN2O/c1-9(18)11-3-4-12(7-11)17-14-5-2-10(8-16)6-13(14)15/h2,5-6,11-12,17H,3-4,7H2,1H3. The van der Waals surface area contributed by atoms with Crippen molar-refractivity contribution in [3.63, 3.8) is 0 Å². The molecule has 0 bridgehead atoms. The van der Waals surface area contributed by atoms with E-state index in [1.807, 2.05) is 6.07 Å². The van der Waals surface area contributed by atoms with E-state index in [2.05, 4.69) is 27.3 Å². The third-order valence-corrected chi connectivity index (χ3v) is 4.12.